The van der Waals surface area contributed by atoms with E-state index in [0.717, 1.165) is 32.8 Å². The highest BCUT2D eigenvalue weighted by Gasteiger charge is 2.29. The Balaban J connectivity index is 2.40. The summed E-state index contributed by atoms with van der Waals surface area (Å²) in [7, 11) is -2.22. The van der Waals surface area contributed by atoms with E-state index in [1.807, 2.05) is 51.1 Å². The Labute approximate surface area is 185 Å². The van der Waals surface area contributed by atoms with Crippen LogP contribution < -0.4 is 9.62 Å². The van der Waals surface area contributed by atoms with Crippen LogP contribution in [0.4, 0.5) is 5.69 Å². The number of benzene rings is 2. The van der Waals surface area contributed by atoms with Crippen molar-refractivity contribution in [3.05, 3.63) is 64.7 Å². The van der Waals surface area contributed by atoms with E-state index in [9.17, 15) is 18.0 Å². The summed E-state index contributed by atoms with van der Waals surface area (Å²) in [6.45, 7) is 7.14. The van der Waals surface area contributed by atoms with Gasteiger partial charge in [-0.2, -0.15) is 0 Å². The van der Waals surface area contributed by atoms with Crippen LogP contribution in [0.25, 0.3) is 0 Å². The van der Waals surface area contributed by atoms with Gasteiger partial charge in [0.1, 0.15) is 12.6 Å². The monoisotopic (exact) mass is 445 g/mol. The maximum atomic E-state index is 13.3. The summed E-state index contributed by atoms with van der Waals surface area (Å²) in [5, 5.41) is 2.56. The predicted molar refractivity (Wildman–Crippen MR) is 123 cm³/mol. The first-order valence-corrected chi connectivity index (χ1v) is 11.9. The van der Waals surface area contributed by atoms with Crippen LogP contribution >= 0.6 is 0 Å². The summed E-state index contributed by atoms with van der Waals surface area (Å²) in [4.78, 5) is 27.0. The van der Waals surface area contributed by atoms with Crippen LogP contribution in [0.15, 0.2) is 42.5 Å². The molecule has 0 bridgehead atoms. The van der Waals surface area contributed by atoms with Crippen molar-refractivity contribution < 1.29 is 18.0 Å². The molecule has 0 saturated carbocycles. The molecule has 2 aromatic carbocycles. The molecule has 0 heterocycles. The number of hydrogen-bond donors (Lipinski definition) is 1. The van der Waals surface area contributed by atoms with Crippen molar-refractivity contribution in [2.24, 2.45) is 0 Å². The van der Waals surface area contributed by atoms with E-state index < -0.39 is 28.5 Å². The third kappa shape index (κ3) is 6.55. The number of nitrogens with one attached hydrogen (secondary N) is 1. The fourth-order valence-electron chi connectivity index (χ4n) is 3.39. The first-order valence-electron chi connectivity index (χ1n) is 10.0. The Bertz CT molecular complexity index is 1030. The Hall–Kier alpha value is -2.87. The minimum absolute atomic E-state index is 0.193. The van der Waals surface area contributed by atoms with E-state index in [4.69, 9.17) is 0 Å². The number of hydrogen-bond acceptors (Lipinski definition) is 4. The van der Waals surface area contributed by atoms with Crippen molar-refractivity contribution in [2.75, 3.05) is 24.2 Å². The summed E-state index contributed by atoms with van der Waals surface area (Å²) < 4.78 is 26.2. The Morgan fingerprint density at radius 2 is 1.52 bits per heavy atom. The quantitative estimate of drug-likeness (QED) is 0.677. The smallest absolute Gasteiger partial charge is 0.244 e. The molecule has 0 unspecified atom stereocenters. The number of sulfonamides is 1. The third-order valence-electron chi connectivity index (χ3n) is 5.06. The molecule has 2 rings (SSSR count). The van der Waals surface area contributed by atoms with E-state index in [0.29, 0.717) is 5.69 Å². The molecule has 2 amide bonds. The van der Waals surface area contributed by atoms with Crippen LogP contribution in [0.5, 0.6) is 0 Å². The lowest BCUT2D eigenvalue weighted by Gasteiger charge is -2.31. The number of anilines is 1. The van der Waals surface area contributed by atoms with Gasteiger partial charge in [0.25, 0.3) is 0 Å². The molecule has 1 atom stereocenters. The van der Waals surface area contributed by atoms with Gasteiger partial charge < -0.3 is 10.2 Å². The van der Waals surface area contributed by atoms with E-state index in [-0.39, 0.29) is 12.5 Å². The molecule has 8 heteroatoms. The molecule has 0 saturated heterocycles. The highest BCUT2D eigenvalue weighted by Crippen LogP contribution is 2.22. The molecule has 0 aliphatic heterocycles. The molecule has 1 N–H and O–H groups in total. The maximum Gasteiger partial charge on any atom is 0.244 e. The normalized spacial score (nSPS) is 12.2. The molecule has 7 nitrogen and oxygen atoms in total. The van der Waals surface area contributed by atoms with Gasteiger partial charge in [-0.1, -0.05) is 35.9 Å². The Morgan fingerprint density at radius 3 is 2.00 bits per heavy atom. The van der Waals surface area contributed by atoms with Gasteiger partial charge in [-0.25, -0.2) is 8.42 Å². The largest absolute Gasteiger partial charge is 0.357 e. The molecule has 2 aromatic rings. The van der Waals surface area contributed by atoms with E-state index >= 15 is 0 Å². The third-order valence-corrected chi connectivity index (χ3v) is 6.20. The minimum atomic E-state index is -3.72. The van der Waals surface area contributed by atoms with Gasteiger partial charge in [-0.3, -0.25) is 13.9 Å². The average Bonchev–Trinajstić information content (AvgIpc) is 2.68. The van der Waals surface area contributed by atoms with Crippen molar-refractivity contribution in [1.29, 1.82) is 0 Å². The average molecular weight is 446 g/mol. The van der Waals surface area contributed by atoms with Crippen LogP contribution in [0.3, 0.4) is 0 Å². The second kappa shape index (κ2) is 9.96. The van der Waals surface area contributed by atoms with Gasteiger partial charge >= 0.3 is 0 Å². The lowest BCUT2D eigenvalue weighted by Crippen LogP contribution is -2.50. The minimum Gasteiger partial charge on any atom is -0.357 e. The number of rotatable bonds is 8. The molecular formula is C23H31N3O4S. The zero-order valence-electron chi connectivity index (χ0n) is 19.0. The van der Waals surface area contributed by atoms with Gasteiger partial charge in [-0.15, -0.1) is 0 Å². The molecule has 0 spiro atoms. The van der Waals surface area contributed by atoms with Crippen molar-refractivity contribution in [2.45, 2.75) is 40.3 Å². The Kier molecular flexibility index (Phi) is 7.84. The number of aryl methyl sites for hydroxylation is 3. The summed E-state index contributed by atoms with van der Waals surface area (Å²) in [6.07, 6.45) is 1.07. The van der Waals surface area contributed by atoms with Gasteiger partial charge in [0.05, 0.1) is 11.9 Å². The summed E-state index contributed by atoms with van der Waals surface area (Å²) in [5.41, 5.74) is 4.15. The molecular weight excluding hydrogens is 414 g/mol. The summed E-state index contributed by atoms with van der Waals surface area (Å²) in [6, 6.07) is 12.3. The van der Waals surface area contributed by atoms with Crippen molar-refractivity contribution in [3.8, 4) is 0 Å². The number of amides is 2. The predicted octanol–water partition coefficient (Wildman–Crippen LogP) is 2.54. The van der Waals surface area contributed by atoms with Crippen molar-refractivity contribution in [1.82, 2.24) is 10.2 Å². The number of nitrogens with zero attached hydrogens (tertiary/aromatic N) is 2. The number of carbonyl (C=O) groups is 2. The first-order chi connectivity index (χ1) is 14.4. The summed E-state index contributed by atoms with van der Waals surface area (Å²) in [5.74, 6) is -0.779. The second-order valence-corrected chi connectivity index (χ2v) is 9.82. The molecule has 0 aliphatic carbocycles. The second-order valence-electron chi connectivity index (χ2n) is 7.91. The first kappa shape index (κ1) is 24.4. The van der Waals surface area contributed by atoms with Gasteiger partial charge in [-0.05, 0) is 56.5 Å². The van der Waals surface area contributed by atoms with Crippen LogP contribution in [-0.2, 0) is 26.2 Å². The lowest BCUT2D eigenvalue weighted by atomic mass is 10.1. The standard InChI is InChI=1S/C23H31N3O4S/c1-16-7-9-20(10-8-16)14-25(19(4)23(28)24-5)22(27)15-26(31(6,29)30)21-12-17(2)11-18(3)13-21/h7-13,19H,14-15H2,1-6H3,(H,24,28)/t19-/m0/s1. The molecule has 0 aromatic heterocycles. The summed E-state index contributed by atoms with van der Waals surface area (Å²) >= 11 is 0. The van der Waals surface area contributed by atoms with Crippen LogP contribution in [0, 0.1) is 20.8 Å². The zero-order valence-corrected chi connectivity index (χ0v) is 19.8. The number of carbonyl (C=O) groups excluding carboxylic acids is 2. The van der Waals surface area contributed by atoms with Gasteiger partial charge in [0.2, 0.25) is 21.8 Å². The van der Waals surface area contributed by atoms with Crippen LogP contribution in [0.1, 0.15) is 29.2 Å². The molecule has 31 heavy (non-hydrogen) atoms. The van der Waals surface area contributed by atoms with Crippen LogP contribution in [0.2, 0.25) is 0 Å². The fourth-order valence-corrected chi connectivity index (χ4v) is 4.22. The highest BCUT2D eigenvalue weighted by molar-refractivity contribution is 7.92. The van der Waals surface area contributed by atoms with E-state index in [1.165, 1.54) is 11.9 Å². The van der Waals surface area contributed by atoms with Crippen molar-refractivity contribution in [3.63, 3.8) is 0 Å². The fraction of sp³-hybridized carbons (Fsp3) is 0.391. The lowest BCUT2D eigenvalue weighted by molar-refractivity contribution is -0.139. The number of likely N-dealkylation sites (N-methyl/N-ethyl adjacent to an activating group) is 1. The Morgan fingerprint density at radius 1 is 0.968 bits per heavy atom. The molecule has 0 radical (unpaired) electrons. The van der Waals surface area contributed by atoms with E-state index in [2.05, 4.69) is 5.32 Å². The van der Waals surface area contributed by atoms with Crippen LogP contribution in [-0.4, -0.2) is 51.0 Å². The van der Waals surface area contributed by atoms with Crippen molar-refractivity contribution >= 4 is 27.5 Å². The maximum absolute atomic E-state index is 13.3. The zero-order chi connectivity index (χ0) is 23.3. The molecule has 168 valence electrons. The topological polar surface area (TPSA) is 86.8 Å². The molecule has 0 aliphatic rings. The van der Waals surface area contributed by atoms with E-state index in [1.54, 1.807) is 19.1 Å². The molecule has 0 fully saturated rings. The van der Waals surface area contributed by atoms with Gasteiger partial charge in [0.15, 0.2) is 0 Å². The van der Waals surface area contributed by atoms with Gasteiger partial charge in [0, 0.05) is 13.6 Å². The SMILES string of the molecule is CNC(=O)[C@H](C)N(Cc1ccc(C)cc1)C(=O)CN(c1cc(C)cc(C)c1)S(C)(=O)=O. The highest BCUT2D eigenvalue weighted by atomic mass is 32.2.